The minimum Gasteiger partial charge on any atom is -0.378 e. The van der Waals surface area contributed by atoms with Crippen LogP contribution in [0.1, 0.15) is 11.1 Å². The summed E-state index contributed by atoms with van der Waals surface area (Å²) in [5.41, 5.74) is 4.80. The first-order valence-corrected chi connectivity index (χ1v) is 9.76. The van der Waals surface area contributed by atoms with Crippen molar-refractivity contribution in [1.82, 2.24) is 30.0 Å². The quantitative estimate of drug-likeness (QED) is 0.652. The zero-order valence-electron chi connectivity index (χ0n) is 17.3. The molecule has 0 unspecified atom stereocenters. The van der Waals surface area contributed by atoms with Gasteiger partial charge in [0.1, 0.15) is 0 Å². The van der Waals surface area contributed by atoms with Crippen molar-refractivity contribution >= 4 is 17.7 Å². The Hall–Kier alpha value is -3.46. The Balaban J connectivity index is 1.40. The molecule has 1 aromatic carbocycles. The number of nitrogens with one attached hydrogen (secondary N) is 2. The third-order valence-electron chi connectivity index (χ3n) is 5.15. The Morgan fingerprint density at radius 1 is 1.30 bits per heavy atom. The van der Waals surface area contributed by atoms with E-state index in [-0.39, 0.29) is 12.1 Å². The normalized spacial score (nSPS) is 13.8. The lowest BCUT2D eigenvalue weighted by Crippen LogP contribution is -2.57. The lowest BCUT2D eigenvalue weighted by Gasteiger charge is -2.37. The molecule has 3 heterocycles. The van der Waals surface area contributed by atoms with Gasteiger partial charge < -0.3 is 20.3 Å². The summed E-state index contributed by atoms with van der Waals surface area (Å²) in [5, 5.41) is 10.3. The summed E-state index contributed by atoms with van der Waals surface area (Å²) in [6.07, 6.45) is 5.46. The number of nitrogens with zero attached hydrogens (tertiary/aromatic N) is 5. The number of rotatable bonds is 6. The van der Waals surface area contributed by atoms with Gasteiger partial charge >= 0.3 is 6.03 Å². The average molecular weight is 407 g/mol. The van der Waals surface area contributed by atoms with Gasteiger partial charge in [-0.1, -0.05) is 12.1 Å². The van der Waals surface area contributed by atoms with E-state index in [1.54, 1.807) is 29.1 Å². The van der Waals surface area contributed by atoms with Gasteiger partial charge in [0.15, 0.2) is 0 Å². The number of urea groups is 1. The molecule has 1 aliphatic heterocycles. The summed E-state index contributed by atoms with van der Waals surface area (Å²) < 4.78 is 6.92. The third-order valence-corrected chi connectivity index (χ3v) is 5.15. The molecule has 4 rings (SSSR count). The summed E-state index contributed by atoms with van der Waals surface area (Å²) in [6, 6.07) is 7.92. The summed E-state index contributed by atoms with van der Waals surface area (Å²) in [5.74, 6) is 0.512. The molecule has 156 valence electrons. The first kappa shape index (κ1) is 19.8. The van der Waals surface area contributed by atoms with Gasteiger partial charge in [-0.05, 0) is 30.2 Å². The number of hydrogen-bond acceptors (Lipinski definition) is 6. The Bertz CT molecular complexity index is 1040. The molecular formula is C21H25N7O2. The number of amides is 2. The van der Waals surface area contributed by atoms with Gasteiger partial charge in [-0.2, -0.15) is 5.10 Å². The molecule has 1 aliphatic rings. The molecule has 30 heavy (non-hydrogen) atoms. The maximum atomic E-state index is 12.2. The highest BCUT2D eigenvalue weighted by atomic mass is 16.5. The number of anilines is 2. The lowest BCUT2D eigenvalue weighted by molar-refractivity contribution is -0.00771. The van der Waals surface area contributed by atoms with Crippen molar-refractivity contribution in [2.45, 2.75) is 19.6 Å². The third kappa shape index (κ3) is 4.41. The number of carbonyl (C=O) groups is 1. The van der Waals surface area contributed by atoms with E-state index in [9.17, 15) is 4.79 Å². The van der Waals surface area contributed by atoms with E-state index in [0.717, 1.165) is 28.1 Å². The molecule has 9 heteroatoms. The molecule has 2 amide bonds. The number of likely N-dealkylation sites (tertiary alicyclic amines) is 1. The molecule has 1 saturated heterocycles. The van der Waals surface area contributed by atoms with Crippen LogP contribution < -0.4 is 10.6 Å². The zero-order valence-corrected chi connectivity index (χ0v) is 17.3. The Morgan fingerprint density at radius 3 is 2.83 bits per heavy atom. The number of aryl methyl sites for hydroxylation is 2. The van der Waals surface area contributed by atoms with E-state index < -0.39 is 0 Å². The van der Waals surface area contributed by atoms with Crippen molar-refractivity contribution in [3.8, 4) is 11.3 Å². The van der Waals surface area contributed by atoms with Crippen LogP contribution in [0.5, 0.6) is 0 Å². The van der Waals surface area contributed by atoms with Crippen molar-refractivity contribution in [2.24, 2.45) is 7.05 Å². The number of benzene rings is 1. The van der Waals surface area contributed by atoms with Crippen LogP contribution in [-0.2, 0) is 18.3 Å². The highest BCUT2D eigenvalue weighted by molar-refractivity contribution is 5.75. The number of methoxy groups -OCH3 is 1. The molecule has 0 spiro atoms. The zero-order chi connectivity index (χ0) is 21.1. The van der Waals surface area contributed by atoms with E-state index in [2.05, 4.69) is 31.8 Å². The topological polar surface area (TPSA) is 97.2 Å². The first-order chi connectivity index (χ1) is 14.5. The fourth-order valence-electron chi connectivity index (χ4n) is 3.28. The van der Waals surface area contributed by atoms with Crippen molar-refractivity contribution in [3.05, 3.63) is 54.0 Å². The smallest absolute Gasteiger partial charge is 0.317 e. The lowest BCUT2D eigenvalue weighted by atomic mass is 10.0. The van der Waals surface area contributed by atoms with Gasteiger partial charge in [0.2, 0.25) is 5.95 Å². The molecule has 1 fully saturated rings. The number of aromatic nitrogens is 4. The highest BCUT2D eigenvalue weighted by Crippen LogP contribution is 2.22. The van der Waals surface area contributed by atoms with Gasteiger partial charge in [-0.15, -0.1) is 0 Å². The van der Waals surface area contributed by atoms with E-state index in [1.807, 2.05) is 38.4 Å². The second-order valence-electron chi connectivity index (χ2n) is 7.36. The van der Waals surface area contributed by atoms with E-state index in [1.165, 1.54) is 0 Å². The van der Waals surface area contributed by atoms with Crippen LogP contribution in [0.4, 0.5) is 16.4 Å². The van der Waals surface area contributed by atoms with Crippen molar-refractivity contribution < 1.29 is 9.53 Å². The standard InChI is InChI=1S/C21H25N7O2/c1-14-8-15(4-5-16(14)9-23-21(29)28-12-18(13-28)30-3)19-6-7-22-20(26-19)25-17-10-24-27(2)11-17/h4-8,10-11,18H,9,12-13H2,1-3H3,(H,23,29)(H,22,25,26). The second-order valence-corrected chi connectivity index (χ2v) is 7.36. The Morgan fingerprint density at radius 2 is 2.13 bits per heavy atom. The first-order valence-electron chi connectivity index (χ1n) is 9.76. The summed E-state index contributed by atoms with van der Waals surface area (Å²) in [6.45, 7) is 3.80. The van der Waals surface area contributed by atoms with Gasteiger partial charge in [0.05, 0.1) is 36.8 Å². The molecular weight excluding hydrogens is 382 g/mol. The van der Waals surface area contributed by atoms with Crippen LogP contribution in [0.25, 0.3) is 11.3 Å². The van der Waals surface area contributed by atoms with Crippen LogP contribution in [0.2, 0.25) is 0 Å². The SMILES string of the molecule is COC1CN(C(=O)NCc2ccc(-c3ccnc(Nc4cnn(C)c4)n3)cc2C)C1. The molecule has 0 saturated carbocycles. The van der Waals surface area contributed by atoms with Crippen LogP contribution in [-0.4, -0.2) is 57.0 Å². The molecule has 0 aliphatic carbocycles. The van der Waals surface area contributed by atoms with E-state index in [0.29, 0.717) is 25.6 Å². The Kier molecular flexibility index (Phi) is 5.62. The Labute approximate surface area is 175 Å². The minimum atomic E-state index is -0.0614. The van der Waals surface area contributed by atoms with E-state index >= 15 is 0 Å². The predicted octanol–water partition coefficient (Wildman–Crippen LogP) is 2.47. The van der Waals surface area contributed by atoms with Gasteiger partial charge in [-0.25, -0.2) is 14.8 Å². The van der Waals surface area contributed by atoms with Crippen LogP contribution in [0.3, 0.4) is 0 Å². The van der Waals surface area contributed by atoms with Gasteiger partial charge in [0, 0.05) is 38.7 Å². The van der Waals surface area contributed by atoms with Crippen LogP contribution in [0, 0.1) is 6.92 Å². The number of hydrogen-bond donors (Lipinski definition) is 2. The second kappa shape index (κ2) is 8.50. The minimum absolute atomic E-state index is 0.0614. The summed E-state index contributed by atoms with van der Waals surface area (Å²) >= 11 is 0. The van der Waals surface area contributed by atoms with Crippen molar-refractivity contribution in [3.63, 3.8) is 0 Å². The van der Waals surface area contributed by atoms with Crippen LogP contribution >= 0.6 is 0 Å². The van der Waals surface area contributed by atoms with Crippen LogP contribution in [0.15, 0.2) is 42.9 Å². The summed E-state index contributed by atoms with van der Waals surface area (Å²) in [4.78, 5) is 22.8. The highest BCUT2D eigenvalue weighted by Gasteiger charge is 2.30. The molecule has 9 nitrogen and oxygen atoms in total. The fourth-order valence-corrected chi connectivity index (χ4v) is 3.28. The molecule has 3 aromatic rings. The molecule has 0 atom stereocenters. The van der Waals surface area contributed by atoms with Gasteiger partial charge in [0.25, 0.3) is 0 Å². The number of ether oxygens (including phenoxy) is 1. The maximum Gasteiger partial charge on any atom is 0.317 e. The molecule has 2 N–H and O–H groups in total. The molecule has 0 radical (unpaired) electrons. The largest absolute Gasteiger partial charge is 0.378 e. The monoisotopic (exact) mass is 407 g/mol. The summed E-state index contributed by atoms with van der Waals surface area (Å²) in [7, 11) is 3.52. The average Bonchev–Trinajstić information content (AvgIpc) is 3.11. The van der Waals surface area contributed by atoms with E-state index in [4.69, 9.17) is 4.74 Å². The molecule has 0 bridgehead atoms. The van der Waals surface area contributed by atoms with Gasteiger partial charge in [-0.3, -0.25) is 4.68 Å². The van der Waals surface area contributed by atoms with Crippen molar-refractivity contribution in [1.29, 1.82) is 0 Å². The molecule has 2 aromatic heterocycles. The van der Waals surface area contributed by atoms with Crippen molar-refractivity contribution in [2.75, 3.05) is 25.5 Å². The predicted molar refractivity (Wildman–Crippen MR) is 113 cm³/mol. The maximum absolute atomic E-state index is 12.2. The fraction of sp³-hybridized carbons (Fsp3) is 0.333. The number of carbonyl (C=O) groups excluding carboxylic acids is 1.